The van der Waals surface area contributed by atoms with Crippen molar-refractivity contribution < 1.29 is 19.8 Å². The number of carbonyl (C=O) groups is 2. The standard InChI is InChI=1S/C8H7N5O5/c14-3(15)1-13-2-9-4-5(13)10-7(11-6(4)16)12-8(17)18/h2H,1H2,(H,14,15)(H,17,18)(H2,10,11,12,16). The molecule has 10 nitrogen and oxygen atoms in total. The number of hydrogen-bond donors (Lipinski definition) is 4. The highest BCUT2D eigenvalue weighted by atomic mass is 16.4. The molecular weight excluding hydrogens is 246 g/mol. The number of aromatic amines is 1. The van der Waals surface area contributed by atoms with Crippen LogP contribution in [0.3, 0.4) is 0 Å². The highest BCUT2D eigenvalue weighted by molar-refractivity contribution is 5.82. The van der Waals surface area contributed by atoms with Gasteiger partial charge in [-0.1, -0.05) is 0 Å². The van der Waals surface area contributed by atoms with E-state index in [0.29, 0.717) is 0 Å². The number of fused-ring (bicyclic) bond motifs is 1. The number of nitrogens with one attached hydrogen (secondary N) is 2. The van der Waals surface area contributed by atoms with Gasteiger partial charge in [-0.2, -0.15) is 4.98 Å². The van der Waals surface area contributed by atoms with Gasteiger partial charge in [0.2, 0.25) is 5.95 Å². The van der Waals surface area contributed by atoms with Crippen molar-refractivity contribution in [1.29, 1.82) is 0 Å². The number of carboxylic acid groups (broad SMARTS) is 2. The molecule has 0 saturated heterocycles. The predicted molar refractivity (Wildman–Crippen MR) is 57.4 cm³/mol. The molecule has 0 aromatic carbocycles. The molecule has 0 aliphatic rings. The van der Waals surface area contributed by atoms with Crippen LogP contribution in [0.25, 0.3) is 11.2 Å². The topological polar surface area (TPSA) is 150 Å². The van der Waals surface area contributed by atoms with Crippen LogP contribution in [-0.4, -0.2) is 41.8 Å². The normalized spacial score (nSPS) is 10.4. The van der Waals surface area contributed by atoms with Gasteiger partial charge in [0.25, 0.3) is 5.56 Å². The smallest absolute Gasteiger partial charge is 0.411 e. The van der Waals surface area contributed by atoms with E-state index in [4.69, 9.17) is 10.2 Å². The summed E-state index contributed by atoms with van der Waals surface area (Å²) < 4.78 is 1.12. The van der Waals surface area contributed by atoms with Gasteiger partial charge in [-0.3, -0.25) is 19.9 Å². The minimum absolute atomic E-state index is 0.00935. The molecule has 0 spiro atoms. The molecule has 0 bridgehead atoms. The van der Waals surface area contributed by atoms with Gasteiger partial charge >= 0.3 is 12.1 Å². The average Bonchev–Trinajstić information content (AvgIpc) is 2.60. The number of anilines is 1. The Morgan fingerprint density at radius 1 is 1.44 bits per heavy atom. The average molecular weight is 253 g/mol. The summed E-state index contributed by atoms with van der Waals surface area (Å²) in [6.07, 6.45) is -0.257. The van der Waals surface area contributed by atoms with Crippen LogP contribution in [0, 0.1) is 0 Å². The fourth-order valence-corrected chi connectivity index (χ4v) is 1.38. The molecule has 0 saturated carbocycles. The monoisotopic (exact) mass is 253 g/mol. The predicted octanol–water partition coefficient (Wildman–Crippen LogP) is -0.706. The van der Waals surface area contributed by atoms with Crippen LogP contribution in [0.4, 0.5) is 10.7 Å². The SMILES string of the molecule is O=C(O)Cn1cnc2c(=O)[nH]c(NC(=O)O)nc21. The number of carboxylic acids is 1. The number of aliphatic carboxylic acids is 1. The maximum absolute atomic E-state index is 11.5. The summed E-state index contributed by atoms with van der Waals surface area (Å²) in [7, 11) is 0. The largest absolute Gasteiger partial charge is 0.480 e. The Morgan fingerprint density at radius 3 is 2.78 bits per heavy atom. The molecule has 1 amide bonds. The number of rotatable bonds is 3. The Labute approximate surface area is 97.9 Å². The van der Waals surface area contributed by atoms with Crippen LogP contribution in [0.2, 0.25) is 0 Å². The Morgan fingerprint density at radius 2 is 2.17 bits per heavy atom. The first-order valence-electron chi connectivity index (χ1n) is 4.64. The van der Waals surface area contributed by atoms with Gasteiger partial charge < -0.3 is 14.8 Å². The minimum atomic E-state index is -1.40. The summed E-state index contributed by atoms with van der Waals surface area (Å²) in [5.74, 6) is -1.43. The number of imidazole rings is 1. The molecule has 94 valence electrons. The molecule has 0 unspecified atom stereocenters. The van der Waals surface area contributed by atoms with Gasteiger partial charge in [0.05, 0.1) is 6.33 Å². The lowest BCUT2D eigenvalue weighted by Gasteiger charge is -2.01. The van der Waals surface area contributed by atoms with E-state index in [1.807, 2.05) is 5.32 Å². The van der Waals surface area contributed by atoms with Crippen LogP contribution in [0.15, 0.2) is 11.1 Å². The van der Waals surface area contributed by atoms with Crippen LogP contribution in [0.5, 0.6) is 0 Å². The Bertz CT molecular complexity index is 687. The van der Waals surface area contributed by atoms with Crippen molar-refractivity contribution in [1.82, 2.24) is 19.5 Å². The fourth-order valence-electron chi connectivity index (χ4n) is 1.38. The molecule has 0 aliphatic heterocycles. The van der Waals surface area contributed by atoms with E-state index in [1.54, 1.807) is 0 Å². The first-order valence-corrected chi connectivity index (χ1v) is 4.64. The molecule has 0 atom stereocenters. The second-order valence-corrected chi connectivity index (χ2v) is 3.28. The summed E-state index contributed by atoms with van der Waals surface area (Å²) in [6, 6.07) is 0. The fraction of sp³-hybridized carbons (Fsp3) is 0.125. The zero-order chi connectivity index (χ0) is 13.3. The van der Waals surface area contributed by atoms with Crippen molar-refractivity contribution in [2.75, 3.05) is 5.32 Å². The molecule has 18 heavy (non-hydrogen) atoms. The molecule has 10 heteroatoms. The second kappa shape index (κ2) is 4.16. The van der Waals surface area contributed by atoms with Crippen LogP contribution in [-0.2, 0) is 11.3 Å². The van der Waals surface area contributed by atoms with E-state index in [1.165, 1.54) is 0 Å². The van der Waals surface area contributed by atoms with Crippen LogP contribution in [0.1, 0.15) is 0 Å². The molecule has 0 fully saturated rings. The number of hydrogen-bond acceptors (Lipinski definition) is 5. The van der Waals surface area contributed by atoms with E-state index in [0.717, 1.165) is 10.9 Å². The summed E-state index contributed by atoms with van der Waals surface area (Å²) in [5.41, 5.74) is -0.732. The Kier molecular flexibility index (Phi) is 2.67. The number of aromatic nitrogens is 4. The number of nitrogens with zero attached hydrogens (tertiary/aromatic N) is 3. The highest BCUT2D eigenvalue weighted by Crippen LogP contribution is 2.07. The Balaban J connectivity index is 2.56. The molecule has 4 N–H and O–H groups in total. The molecular formula is C8H7N5O5. The summed E-state index contributed by atoms with van der Waals surface area (Å²) in [6.45, 7) is -0.431. The summed E-state index contributed by atoms with van der Waals surface area (Å²) in [4.78, 5) is 42.2. The highest BCUT2D eigenvalue weighted by Gasteiger charge is 2.12. The van der Waals surface area contributed by atoms with Gasteiger partial charge in [0.1, 0.15) is 6.54 Å². The van der Waals surface area contributed by atoms with Crippen LogP contribution < -0.4 is 10.9 Å². The van der Waals surface area contributed by atoms with Gasteiger partial charge in [0, 0.05) is 0 Å². The van der Waals surface area contributed by atoms with Crippen molar-refractivity contribution in [2.24, 2.45) is 0 Å². The molecule has 0 radical (unpaired) electrons. The third kappa shape index (κ3) is 2.11. The molecule has 2 heterocycles. The quantitative estimate of drug-likeness (QED) is 0.564. The lowest BCUT2D eigenvalue weighted by molar-refractivity contribution is -0.137. The van der Waals surface area contributed by atoms with Crippen molar-refractivity contribution in [3.05, 3.63) is 16.7 Å². The molecule has 0 aliphatic carbocycles. The third-order valence-corrected chi connectivity index (χ3v) is 2.01. The maximum Gasteiger partial charge on any atom is 0.411 e. The van der Waals surface area contributed by atoms with E-state index < -0.39 is 24.2 Å². The zero-order valence-corrected chi connectivity index (χ0v) is 8.75. The van der Waals surface area contributed by atoms with Crippen molar-refractivity contribution >= 4 is 29.2 Å². The van der Waals surface area contributed by atoms with E-state index in [9.17, 15) is 14.4 Å². The molecule has 2 rings (SSSR count). The second-order valence-electron chi connectivity index (χ2n) is 3.28. The molecule has 2 aromatic rings. The third-order valence-electron chi connectivity index (χ3n) is 2.01. The van der Waals surface area contributed by atoms with Gasteiger partial charge in [0.15, 0.2) is 11.2 Å². The van der Waals surface area contributed by atoms with Crippen molar-refractivity contribution in [3.63, 3.8) is 0 Å². The van der Waals surface area contributed by atoms with Gasteiger partial charge in [-0.25, -0.2) is 9.78 Å². The first-order chi connectivity index (χ1) is 8.47. The van der Waals surface area contributed by atoms with E-state index >= 15 is 0 Å². The van der Waals surface area contributed by atoms with Gasteiger partial charge in [-0.15, -0.1) is 0 Å². The van der Waals surface area contributed by atoms with Crippen molar-refractivity contribution in [3.8, 4) is 0 Å². The van der Waals surface area contributed by atoms with Crippen LogP contribution >= 0.6 is 0 Å². The number of H-pyrrole nitrogens is 1. The van der Waals surface area contributed by atoms with E-state index in [-0.39, 0.29) is 17.1 Å². The molecule has 2 aromatic heterocycles. The number of amides is 1. The van der Waals surface area contributed by atoms with E-state index in [2.05, 4.69) is 15.0 Å². The van der Waals surface area contributed by atoms with Gasteiger partial charge in [-0.05, 0) is 0 Å². The zero-order valence-electron chi connectivity index (χ0n) is 8.75. The minimum Gasteiger partial charge on any atom is -0.480 e. The maximum atomic E-state index is 11.5. The lowest BCUT2D eigenvalue weighted by atomic mass is 10.5. The van der Waals surface area contributed by atoms with Crippen molar-refractivity contribution in [2.45, 2.75) is 6.54 Å². The first kappa shape index (κ1) is 11.6. The summed E-state index contributed by atoms with van der Waals surface area (Å²) in [5, 5.41) is 19.0. The lowest BCUT2D eigenvalue weighted by Crippen LogP contribution is -2.17. The summed E-state index contributed by atoms with van der Waals surface area (Å²) >= 11 is 0. The Hall–Kier alpha value is -2.91.